The number of nitrogens with zero attached hydrogens (tertiary/aromatic N) is 6. The van der Waals surface area contributed by atoms with Gasteiger partial charge in [0.1, 0.15) is 5.82 Å². The van der Waals surface area contributed by atoms with Crippen LogP contribution in [0.5, 0.6) is 0 Å². The zero-order chi connectivity index (χ0) is 22.4. The summed E-state index contributed by atoms with van der Waals surface area (Å²) in [7, 11) is 1.62. The summed E-state index contributed by atoms with van der Waals surface area (Å²) in [6.07, 6.45) is 5.16. The molecule has 3 aliphatic rings. The molecule has 0 radical (unpaired) electrons. The number of amides is 2. The van der Waals surface area contributed by atoms with Crippen LogP contribution >= 0.6 is 0 Å². The first kappa shape index (κ1) is 20.9. The van der Waals surface area contributed by atoms with E-state index < -0.39 is 5.82 Å². The van der Waals surface area contributed by atoms with Crippen molar-refractivity contribution in [1.29, 1.82) is 0 Å². The van der Waals surface area contributed by atoms with Crippen LogP contribution in [0.4, 0.5) is 16.0 Å². The van der Waals surface area contributed by atoms with Gasteiger partial charge in [0.15, 0.2) is 11.6 Å². The highest BCUT2D eigenvalue weighted by Crippen LogP contribution is 2.32. The van der Waals surface area contributed by atoms with E-state index in [4.69, 9.17) is 0 Å². The van der Waals surface area contributed by atoms with Crippen LogP contribution in [0, 0.1) is 5.82 Å². The zero-order valence-corrected chi connectivity index (χ0v) is 18.4. The van der Waals surface area contributed by atoms with E-state index in [0.29, 0.717) is 37.6 Å². The fourth-order valence-electron chi connectivity index (χ4n) is 4.76. The van der Waals surface area contributed by atoms with Crippen molar-refractivity contribution in [2.24, 2.45) is 7.05 Å². The van der Waals surface area contributed by atoms with Crippen molar-refractivity contribution in [3.05, 3.63) is 35.4 Å². The Bertz CT molecular complexity index is 1040. The summed E-state index contributed by atoms with van der Waals surface area (Å²) in [4.78, 5) is 35.3. The van der Waals surface area contributed by atoms with Crippen molar-refractivity contribution in [3.8, 4) is 0 Å². The van der Waals surface area contributed by atoms with Gasteiger partial charge in [0.25, 0.3) is 5.91 Å². The first-order valence-electron chi connectivity index (χ1n) is 11.2. The van der Waals surface area contributed by atoms with Crippen LogP contribution in [-0.4, -0.2) is 81.7 Å². The molecule has 1 unspecified atom stereocenters. The minimum Gasteiger partial charge on any atom is -0.364 e. The standard InChI is InChI=1S/C22H28FN7O2/c1-14-9-30(21-18(23)12-27(2)26-21)22(32)17-8-24-19(7-16(14)17)25-15-10-29(11-15)20(31)13-28-5-3-4-6-28/h7-8,12,14-15H,3-6,9-11,13H2,1-2H3,(H,24,25). The van der Waals surface area contributed by atoms with Crippen LogP contribution in [0.1, 0.15) is 41.6 Å². The summed E-state index contributed by atoms with van der Waals surface area (Å²) in [6.45, 7) is 6.22. The smallest absolute Gasteiger partial charge is 0.261 e. The van der Waals surface area contributed by atoms with Gasteiger partial charge in [0.05, 0.1) is 24.3 Å². The maximum Gasteiger partial charge on any atom is 0.261 e. The summed E-state index contributed by atoms with van der Waals surface area (Å²) in [5.74, 6) is 0.119. The third-order valence-corrected chi connectivity index (χ3v) is 6.56. The minimum absolute atomic E-state index is 0.00702. The molecular weight excluding hydrogens is 413 g/mol. The number of aryl methyl sites for hydroxylation is 1. The molecule has 2 fully saturated rings. The highest BCUT2D eigenvalue weighted by atomic mass is 19.1. The second-order valence-electron chi connectivity index (χ2n) is 9.07. The SMILES string of the molecule is CC1CN(c2nn(C)cc2F)C(=O)c2cnc(NC3CN(C(=O)CN4CCCC4)C3)cc21. The molecular formula is C22H28FN7O2. The third kappa shape index (κ3) is 3.83. The Hall–Kier alpha value is -3.01. The van der Waals surface area contributed by atoms with Gasteiger partial charge < -0.3 is 10.2 Å². The quantitative estimate of drug-likeness (QED) is 0.756. The fourth-order valence-corrected chi connectivity index (χ4v) is 4.76. The molecule has 2 amide bonds. The van der Waals surface area contributed by atoms with E-state index in [1.54, 1.807) is 13.2 Å². The number of carbonyl (C=O) groups excluding carboxylic acids is 2. The third-order valence-electron chi connectivity index (χ3n) is 6.56. The molecule has 2 saturated heterocycles. The second kappa shape index (κ2) is 8.16. The maximum absolute atomic E-state index is 14.2. The normalized spacial score (nSPS) is 21.6. The predicted molar refractivity (Wildman–Crippen MR) is 117 cm³/mol. The Morgan fingerprint density at radius 2 is 2.00 bits per heavy atom. The van der Waals surface area contributed by atoms with Crippen LogP contribution in [0.3, 0.4) is 0 Å². The van der Waals surface area contributed by atoms with E-state index in [2.05, 4.69) is 20.3 Å². The van der Waals surface area contributed by atoms with E-state index >= 15 is 0 Å². The molecule has 10 heteroatoms. The molecule has 32 heavy (non-hydrogen) atoms. The zero-order valence-electron chi connectivity index (χ0n) is 18.4. The number of hydrogen-bond acceptors (Lipinski definition) is 6. The summed E-state index contributed by atoms with van der Waals surface area (Å²) >= 11 is 0. The summed E-state index contributed by atoms with van der Waals surface area (Å²) in [5, 5.41) is 7.48. The van der Waals surface area contributed by atoms with Gasteiger partial charge in [-0.25, -0.2) is 9.37 Å². The monoisotopic (exact) mass is 441 g/mol. The van der Waals surface area contributed by atoms with Crippen molar-refractivity contribution < 1.29 is 14.0 Å². The molecule has 0 aromatic carbocycles. The fraction of sp³-hybridized carbons (Fsp3) is 0.545. The van der Waals surface area contributed by atoms with E-state index in [9.17, 15) is 14.0 Å². The average Bonchev–Trinajstić information content (AvgIpc) is 3.35. The Labute approximate surface area is 186 Å². The first-order valence-corrected chi connectivity index (χ1v) is 11.2. The van der Waals surface area contributed by atoms with E-state index in [1.807, 2.05) is 17.9 Å². The number of likely N-dealkylation sites (tertiary alicyclic amines) is 2. The lowest BCUT2D eigenvalue weighted by Gasteiger charge is -2.40. The Morgan fingerprint density at radius 3 is 2.69 bits per heavy atom. The highest BCUT2D eigenvalue weighted by Gasteiger charge is 2.35. The van der Waals surface area contributed by atoms with Gasteiger partial charge in [-0.15, -0.1) is 0 Å². The molecule has 1 atom stereocenters. The molecule has 3 aliphatic heterocycles. The molecule has 1 N–H and O–H groups in total. The lowest BCUT2D eigenvalue weighted by atomic mass is 9.91. The number of nitrogens with one attached hydrogen (secondary N) is 1. The Balaban J connectivity index is 1.22. The Morgan fingerprint density at radius 1 is 1.25 bits per heavy atom. The number of hydrogen-bond donors (Lipinski definition) is 1. The van der Waals surface area contributed by atoms with Crippen molar-refractivity contribution >= 4 is 23.5 Å². The van der Waals surface area contributed by atoms with Crippen molar-refractivity contribution in [3.63, 3.8) is 0 Å². The molecule has 9 nitrogen and oxygen atoms in total. The molecule has 0 bridgehead atoms. The number of carbonyl (C=O) groups is 2. The van der Waals surface area contributed by atoms with Gasteiger partial charge in [-0.05, 0) is 37.6 Å². The first-order chi connectivity index (χ1) is 15.4. The van der Waals surface area contributed by atoms with Crippen molar-refractivity contribution in [1.82, 2.24) is 24.6 Å². The van der Waals surface area contributed by atoms with Crippen LogP contribution < -0.4 is 10.2 Å². The maximum atomic E-state index is 14.2. The van der Waals surface area contributed by atoms with Crippen LogP contribution in [-0.2, 0) is 11.8 Å². The van der Waals surface area contributed by atoms with Gasteiger partial charge in [0.2, 0.25) is 5.91 Å². The molecule has 5 rings (SSSR count). The molecule has 5 heterocycles. The highest BCUT2D eigenvalue weighted by molar-refractivity contribution is 6.08. The molecule has 0 spiro atoms. The lowest BCUT2D eigenvalue weighted by molar-refractivity contribution is -0.136. The summed E-state index contributed by atoms with van der Waals surface area (Å²) in [6, 6.07) is 2.05. The minimum atomic E-state index is -0.517. The van der Waals surface area contributed by atoms with Crippen molar-refractivity contribution in [2.45, 2.75) is 31.7 Å². The van der Waals surface area contributed by atoms with Crippen LogP contribution in [0.2, 0.25) is 0 Å². The van der Waals surface area contributed by atoms with Crippen LogP contribution in [0.15, 0.2) is 18.5 Å². The number of aromatic nitrogens is 3. The molecule has 2 aromatic rings. The molecule has 170 valence electrons. The van der Waals surface area contributed by atoms with E-state index in [-0.39, 0.29) is 29.6 Å². The number of fused-ring (bicyclic) bond motifs is 1. The summed E-state index contributed by atoms with van der Waals surface area (Å²) < 4.78 is 15.6. The van der Waals surface area contributed by atoms with E-state index in [0.717, 1.165) is 18.7 Å². The van der Waals surface area contributed by atoms with Crippen molar-refractivity contribution in [2.75, 3.05) is 49.5 Å². The Kier molecular flexibility index (Phi) is 5.32. The summed E-state index contributed by atoms with van der Waals surface area (Å²) in [5.41, 5.74) is 1.36. The number of rotatable bonds is 5. The molecule has 2 aromatic heterocycles. The topological polar surface area (TPSA) is 86.6 Å². The largest absolute Gasteiger partial charge is 0.364 e. The predicted octanol–water partition coefficient (Wildman–Crippen LogP) is 1.44. The van der Waals surface area contributed by atoms with Gasteiger partial charge in [-0.2, -0.15) is 5.10 Å². The number of anilines is 2. The lowest BCUT2D eigenvalue weighted by Crippen LogP contribution is -2.58. The average molecular weight is 442 g/mol. The number of halogens is 1. The van der Waals surface area contributed by atoms with Gasteiger partial charge in [-0.3, -0.25) is 24.1 Å². The second-order valence-corrected chi connectivity index (χ2v) is 9.07. The van der Waals surface area contributed by atoms with E-state index in [1.165, 1.54) is 28.6 Å². The molecule has 0 aliphatic carbocycles. The van der Waals surface area contributed by atoms with Gasteiger partial charge in [-0.1, -0.05) is 6.92 Å². The van der Waals surface area contributed by atoms with Gasteiger partial charge >= 0.3 is 0 Å². The van der Waals surface area contributed by atoms with Crippen LogP contribution in [0.25, 0.3) is 0 Å². The number of pyridine rings is 1. The van der Waals surface area contributed by atoms with Gasteiger partial charge in [0, 0.05) is 38.8 Å². The molecule has 0 saturated carbocycles.